The first-order chi connectivity index (χ1) is 14.2. The zero-order chi connectivity index (χ0) is 20.3. The van der Waals surface area contributed by atoms with E-state index in [4.69, 9.17) is 9.73 Å². The molecule has 1 heterocycles. The highest BCUT2D eigenvalue weighted by atomic mass is 16.5. The van der Waals surface area contributed by atoms with Crippen molar-refractivity contribution in [2.75, 3.05) is 39.4 Å². The van der Waals surface area contributed by atoms with Gasteiger partial charge in [-0.1, -0.05) is 61.5 Å². The molecule has 156 valence electrons. The van der Waals surface area contributed by atoms with Crippen LogP contribution in [0.5, 0.6) is 0 Å². The molecule has 5 nitrogen and oxygen atoms in total. The number of nitrogens with zero attached hydrogens (tertiary/aromatic N) is 2. The van der Waals surface area contributed by atoms with E-state index in [1.54, 1.807) is 0 Å². The third-order valence-corrected chi connectivity index (χ3v) is 5.24. The minimum atomic E-state index is 0.430. The van der Waals surface area contributed by atoms with Crippen molar-refractivity contribution in [2.24, 2.45) is 4.99 Å². The van der Waals surface area contributed by atoms with Gasteiger partial charge in [-0.25, -0.2) is 4.99 Å². The minimum absolute atomic E-state index is 0.430. The van der Waals surface area contributed by atoms with Crippen LogP contribution >= 0.6 is 0 Å². The summed E-state index contributed by atoms with van der Waals surface area (Å²) in [5, 5.41) is 6.82. The molecule has 1 fully saturated rings. The van der Waals surface area contributed by atoms with Gasteiger partial charge in [0.15, 0.2) is 5.96 Å². The van der Waals surface area contributed by atoms with Crippen molar-refractivity contribution in [1.82, 2.24) is 15.5 Å². The predicted octanol–water partition coefficient (Wildman–Crippen LogP) is 3.38. The van der Waals surface area contributed by atoms with Gasteiger partial charge in [-0.15, -0.1) is 0 Å². The van der Waals surface area contributed by atoms with Gasteiger partial charge in [0, 0.05) is 32.7 Å². The van der Waals surface area contributed by atoms with Gasteiger partial charge in [-0.05, 0) is 29.5 Å². The van der Waals surface area contributed by atoms with E-state index in [0.717, 1.165) is 51.9 Å². The summed E-state index contributed by atoms with van der Waals surface area (Å²) in [6, 6.07) is 19.4. The summed E-state index contributed by atoms with van der Waals surface area (Å²) in [4.78, 5) is 7.20. The van der Waals surface area contributed by atoms with Crippen LogP contribution in [0, 0.1) is 0 Å². The fraction of sp³-hybridized carbons (Fsp3) is 0.458. The number of morpholine rings is 1. The molecule has 1 atom stereocenters. The SMILES string of the molecule is CCNC(=NCc1ccc(CN2CCOCC2)cc1)NCC(C)c1ccccc1. The van der Waals surface area contributed by atoms with Crippen LogP contribution in [0.2, 0.25) is 0 Å². The molecule has 0 spiro atoms. The lowest BCUT2D eigenvalue weighted by atomic mass is 10.0. The maximum atomic E-state index is 5.42. The van der Waals surface area contributed by atoms with Crippen LogP contribution in [0.15, 0.2) is 59.6 Å². The second-order valence-electron chi connectivity index (χ2n) is 7.59. The second kappa shape index (κ2) is 11.6. The Hall–Kier alpha value is -2.37. The van der Waals surface area contributed by atoms with Crippen molar-refractivity contribution in [3.05, 3.63) is 71.3 Å². The number of aliphatic imine (C=N–C) groups is 1. The molecular formula is C24H34N4O. The van der Waals surface area contributed by atoms with Gasteiger partial charge in [0.05, 0.1) is 19.8 Å². The predicted molar refractivity (Wildman–Crippen MR) is 120 cm³/mol. The summed E-state index contributed by atoms with van der Waals surface area (Å²) in [6.45, 7) is 11.4. The van der Waals surface area contributed by atoms with Crippen LogP contribution in [0.1, 0.15) is 36.5 Å². The van der Waals surface area contributed by atoms with Gasteiger partial charge in [0.1, 0.15) is 0 Å². The molecule has 0 saturated carbocycles. The Balaban J connectivity index is 1.51. The van der Waals surface area contributed by atoms with E-state index in [2.05, 4.69) is 84.0 Å². The van der Waals surface area contributed by atoms with Crippen LogP contribution in [-0.2, 0) is 17.8 Å². The van der Waals surface area contributed by atoms with E-state index < -0.39 is 0 Å². The Labute approximate surface area is 175 Å². The number of ether oxygens (including phenoxy) is 1. The molecule has 2 N–H and O–H groups in total. The van der Waals surface area contributed by atoms with E-state index in [1.807, 2.05) is 0 Å². The number of hydrogen-bond acceptors (Lipinski definition) is 3. The molecule has 0 aromatic heterocycles. The topological polar surface area (TPSA) is 48.9 Å². The first-order valence-corrected chi connectivity index (χ1v) is 10.7. The second-order valence-corrected chi connectivity index (χ2v) is 7.59. The number of nitrogens with one attached hydrogen (secondary N) is 2. The summed E-state index contributed by atoms with van der Waals surface area (Å²) < 4.78 is 5.42. The average Bonchev–Trinajstić information content (AvgIpc) is 2.78. The van der Waals surface area contributed by atoms with Crippen LogP contribution in [0.25, 0.3) is 0 Å². The fourth-order valence-corrected chi connectivity index (χ4v) is 3.43. The van der Waals surface area contributed by atoms with Crippen LogP contribution in [-0.4, -0.2) is 50.3 Å². The van der Waals surface area contributed by atoms with Crippen LogP contribution < -0.4 is 10.6 Å². The van der Waals surface area contributed by atoms with Gasteiger partial charge in [-0.3, -0.25) is 4.90 Å². The average molecular weight is 395 g/mol. The number of rotatable bonds is 8. The summed E-state index contributed by atoms with van der Waals surface area (Å²) in [5.41, 5.74) is 3.91. The highest BCUT2D eigenvalue weighted by Gasteiger charge is 2.10. The quantitative estimate of drug-likeness (QED) is 0.532. The van der Waals surface area contributed by atoms with Crippen molar-refractivity contribution in [3.8, 4) is 0 Å². The Bertz CT molecular complexity index is 739. The molecule has 1 aliphatic rings. The van der Waals surface area contributed by atoms with Gasteiger partial charge >= 0.3 is 0 Å². The van der Waals surface area contributed by atoms with Gasteiger partial charge < -0.3 is 15.4 Å². The third-order valence-electron chi connectivity index (χ3n) is 5.24. The maximum absolute atomic E-state index is 5.42. The highest BCUT2D eigenvalue weighted by molar-refractivity contribution is 5.79. The maximum Gasteiger partial charge on any atom is 0.191 e. The monoisotopic (exact) mass is 394 g/mol. The standard InChI is InChI=1S/C24H34N4O/c1-3-25-24(26-17-20(2)23-7-5-4-6-8-23)27-18-21-9-11-22(12-10-21)19-28-13-15-29-16-14-28/h4-12,20H,3,13-19H2,1-2H3,(H2,25,26,27). The van der Waals surface area contributed by atoms with Crippen molar-refractivity contribution in [1.29, 1.82) is 0 Å². The molecule has 1 saturated heterocycles. The summed E-state index contributed by atoms with van der Waals surface area (Å²) >= 11 is 0. The zero-order valence-corrected chi connectivity index (χ0v) is 17.7. The van der Waals surface area contributed by atoms with E-state index in [9.17, 15) is 0 Å². The smallest absolute Gasteiger partial charge is 0.191 e. The molecule has 1 unspecified atom stereocenters. The first-order valence-electron chi connectivity index (χ1n) is 10.7. The van der Waals surface area contributed by atoms with Crippen molar-refractivity contribution in [3.63, 3.8) is 0 Å². The van der Waals surface area contributed by atoms with Crippen molar-refractivity contribution < 1.29 is 4.74 Å². The molecule has 0 amide bonds. The first kappa shape index (κ1) is 21.3. The molecule has 0 bridgehead atoms. The number of guanidine groups is 1. The highest BCUT2D eigenvalue weighted by Crippen LogP contribution is 2.13. The van der Waals surface area contributed by atoms with Gasteiger partial charge in [-0.2, -0.15) is 0 Å². The van der Waals surface area contributed by atoms with E-state index in [-0.39, 0.29) is 0 Å². The third kappa shape index (κ3) is 7.18. The molecule has 0 radical (unpaired) electrons. The fourth-order valence-electron chi connectivity index (χ4n) is 3.43. The lowest BCUT2D eigenvalue weighted by molar-refractivity contribution is 0.0342. The molecule has 2 aromatic rings. The summed E-state index contributed by atoms with van der Waals surface area (Å²) in [7, 11) is 0. The lowest BCUT2D eigenvalue weighted by Gasteiger charge is -2.26. The molecule has 2 aromatic carbocycles. The lowest BCUT2D eigenvalue weighted by Crippen LogP contribution is -2.39. The normalized spacial score (nSPS) is 16.4. The van der Waals surface area contributed by atoms with E-state index in [1.165, 1.54) is 16.7 Å². The molecule has 5 heteroatoms. The molecule has 1 aliphatic heterocycles. The Morgan fingerprint density at radius 2 is 1.69 bits per heavy atom. The molecule has 3 rings (SSSR count). The summed E-state index contributed by atoms with van der Waals surface area (Å²) in [5.74, 6) is 1.30. The van der Waals surface area contributed by atoms with Crippen LogP contribution in [0.4, 0.5) is 0 Å². The summed E-state index contributed by atoms with van der Waals surface area (Å²) in [6.07, 6.45) is 0. The number of benzene rings is 2. The van der Waals surface area contributed by atoms with Crippen LogP contribution in [0.3, 0.4) is 0 Å². The van der Waals surface area contributed by atoms with Crippen molar-refractivity contribution >= 4 is 5.96 Å². The van der Waals surface area contributed by atoms with Gasteiger partial charge in [0.25, 0.3) is 0 Å². The van der Waals surface area contributed by atoms with Gasteiger partial charge in [0.2, 0.25) is 0 Å². The Kier molecular flexibility index (Phi) is 8.53. The van der Waals surface area contributed by atoms with Crippen molar-refractivity contribution in [2.45, 2.75) is 32.9 Å². The van der Waals surface area contributed by atoms with E-state index >= 15 is 0 Å². The minimum Gasteiger partial charge on any atom is -0.379 e. The zero-order valence-electron chi connectivity index (χ0n) is 17.7. The molecule has 0 aliphatic carbocycles. The Morgan fingerprint density at radius 1 is 1.00 bits per heavy atom. The Morgan fingerprint density at radius 3 is 2.38 bits per heavy atom. The molecule has 29 heavy (non-hydrogen) atoms. The van der Waals surface area contributed by atoms with E-state index in [0.29, 0.717) is 12.5 Å². The largest absolute Gasteiger partial charge is 0.379 e. The molecular weight excluding hydrogens is 360 g/mol. The number of hydrogen-bond donors (Lipinski definition) is 2.